The summed E-state index contributed by atoms with van der Waals surface area (Å²) in [4.78, 5) is 0. The zero-order valence-electron chi connectivity index (χ0n) is 10.5. The molecule has 0 fully saturated rings. The maximum atomic E-state index is 12.0. The Morgan fingerprint density at radius 1 is 1.33 bits per heavy atom. The molecule has 0 saturated carbocycles. The van der Waals surface area contributed by atoms with Gasteiger partial charge in [-0.05, 0) is 32.3 Å². The topological polar surface area (TPSA) is 46.0 Å². The normalized spacial score (nSPS) is 13.7. The van der Waals surface area contributed by atoms with Crippen molar-refractivity contribution in [1.29, 1.82) is 0 Å². The van der Waals surface area contributed by atoms with Crippen LogP contribution in [0.1, 0.15) is 49.2 Å². The molecule has 1 N–H and O–H groups in total. The number of aliphatic hydroxyl groups is 1. The van der Waals surface area contributed by atoms with Crippen molar-refractivity contribution in [1.82, 2.24) is 10.2 Å². The van der Waals surface area contributed by atoms with Crippen molar-refractivity contribution in [2.75, 3.05) is 0 Å². The standard InChI is InChI=1S/C12H17F3N2O/c1-3-10-9(7-8(2)16-17-10)11(18)5-4-6-12(13,14)15/h7,11,18H,3-6H2,1-2H3. The summed E-state index contributed by atoms with van der Waals surface area (Å²) in [6.45, 7) is 3.60. The van der Waals surface area contributed by atoms with Crippen molar-refractivity contribution in [2.24, 2.45) is 0 Å². The first-order valence-corrected chi connectivity index (χ1v) is 5.91. The minimum Gasteiger partial charge on any atom is -0.388 e. The zero-order chi connectivity index (χ0) is 13.8. The predicted octanol–water partition coefficient (Wildman–Crippen LogP) is 3.11. The highest BCUT2D eigenvalue weighted by Gasteiger charge is 2.27. The molecule has 0 bridgehead atoms. The smallest absolute Gasteiger partial charge is 0.388 e. The van der Waals surface area contributed by atoms with E-state index in [1.807, 2.05) is 6.92 Å². The zero-order valence-corrected chi connectivity index (χ0v) is 10.5. The van der Waals surface area contributed by atoms with Crippen LogP contribution in [0, 0.1) is 6.92 Å². The van der Waals surface area contributed by atoms with E-state index in [2.05, 4.69) is 10.2 Å². The molecule has 0 aliphatic heterocycles. The third-order valence-electron chi connectivity index (χ3n) is 2.66. The second-order valence-corrected chi connectivity index (χ2v) is 4.26. The number of nitrogens with zero attached hydrogens (tertiary/aromatic N) is 2. The molecule has 3 nitrogen and oxygen atoms in total. The van der Waals surface area contributed by atoms with E-state index in [1.54, 1.807) is 13.0 Å². The molecule has 102 valence electrons. The van der Waals surface area contributed by atoms with Crippen molar-refractivity contribution in [2.45, 2.75) is 51.8 Å². The van der Waals surface area contributed by atoms with Crippen LogP contribution < -0.4 is 0 Å². The van der Waals surface area contributed by atoms with Gasteiger partial charge in [0.1, 0.15) is 0 Å². The summed E-state index contributed by atoms with van der Waals surface area (Å²) in [5.41, 5.74) is 1.88. The van der Waals surface area contributed by atoms with Gasteiger partial charge >= 0.3 is 6.18 Å². The van der Waals surface area contributed by atoms with Gasteiger partial charge in [0.05, 0.1) is 17.5 Å². The van der Waals surface area contributed by atoms with Crippen LogP contribution in [0.25, 0.3) is 0 Å². The maximum absolute atomic E-state index is 12.0. The van der Waals surface area contributed by atoms with Gasteiger partial charge in [-0.3, -0.25) is 0 Å². The van der Waals surface area contributed by atoms with Crippen molar-refractivity contribution >= 4 is 0 Å². The molecular formula is C12H17F3N2O. The van der Waals surface area contributed by atoms with E-state index in [1.165, 1.54) is 0 Å². The van der Waals surface area contributed by atoms with Gasteiger partial charge in [-0.15, -0.1) is 0 Å². The molecule has 0 aromatic carbocycles. The summed E-state index contributed by atoms with van der Waals surface area (Å²) >= 11 is 0. The highest BCUT2D eigenvalue weighted by Crippen LogP contribution is 2.27. The van der Waals surface area contributed by atoms with Crippen molar-refractivity contribution in [3.63, 3.8) is 0 Å². The van der Waals surface area contributed by atoms with Gasteiger partial charge in [-0.2, -0.15) is 23.4 Å². The van der Waals surface area contributed by atoms with E-state index in [4.69, 9.17) is 0 Å². The SMILES string of the molecule is CCc1nnc(C)cc1C(O)CCCC(F)(F)F. The summed E-state index contributed by atoms with van der Waals surface area (Å²) < 4.78 is 36.0. The van der Waals surface area contributed by atoms with Crippen LogP contribution in [-0.4, -0.2) is 21.5 Å². The Bertz CT molecular complexity index is 393. The minimum atomic E-state index is -4.17. The van der Waals surface area contributed by atoms with Gasteiger partial charge in [-0.1, -0.05) is 6.92 Å². The average molecular weight is 262 g/mol. The molecule has 0 spiro atoms. The van der Waals surface area contributed by atoms with Gasteiger partial charge < -0.3 is 5.11 Å². The second kappa shape index (κ2) is 6.13. The third-order valence-corrected chi connectivity index (χ3v) is 2.66. The number of hydrogen-bond donors (Lipinski definition) is 1. The Labute approximate surface area is 104 Å². The number of hydrogen-bond acceptors (Lipinski definition) is 3. The van der Waals surface area contributed by atoms with Gasteiger partial charge in [0.15, 0.2) is 0 Å². The van der Waals surface area contributed by atoms with E-state index in [-0.39, 0.29) is 12.8 Å². The Balaban J connectivity index is 2.66. The van der Waals surface area contributed by atoms with Crippen LogP contribution >= 0.6 is 0 Å². The highest BCUT2D eigenvalue weighted by molar-refractivity contribution is 5.23. The molecule has 1 unspecified atom stereocenters. The van der Waals surface area contributed by atoms with Crippen LogP contribution in [0.15, 0.2) is 6.07 Å². The Hall–Kier alpha value is -1.17. The summed E-state index contributed by atoms with van der Waals surface area (Å²) in [7, 11) is 0. The van der Waals surface area contributed by atoms with E-state index in [9.17, 15) is 18.3 Å². The number of halogens is 3. The van der Waals surface area contributed by atoms with Gasteiger partial charge in [-0.25, -0.2) is 0 Å². The molecule has 0 amide bonds. The molecule has 0 saturated heterocycles. The lowest BCUT2D eigenvalue weighted by atomic mass is 10.0. The third kappa shape index (κ3) is 4.60. The quantitative estimate of drug-likeness (QED) is 0.886. The fourth-order valence-electron chi connectivity index (χ4n) is 1.75. The second-order valence-electron chi connectivity index (χ2n) is 4.26. The molecule has 1 aromatic rings. The Morgan fingerprint density at radius 3 is 2.56 bits per heavy atom. The molecule has 0 aliphatic carbocycles. The lowest BCUT2D eigenvalue weighted by Gasteiger charge is -2.14. The number of alkyl halides is 3. The first-order chi connectivity index (χ1) is 8.33. The van der Waals surface area contributed by atoms with Crippen LogP contribution in [0.2, 0.25) is 0 Å². The summed E-state index contributed by atoms with van der Waals surface area (Å²) in [6, 6.07) is 1.68. The predicted molar refractivity (Wildman–Crippen MR) is 61.0 cm³/mol. The maximum Gasteiger partial charge on any atom is 0.389 e. The Morgan fingerprint density at radius 2 is 2.00 bits per heavy atom. The van der Waals surface area contributed by atoms with E-state index >= 15 is 0 Å². The first kappa shape index (κ1) is 14.9. The minimum absolute atomic E-state index is 0.0810. The van der Waals surface area contributed by atoms with Crippen LogP contribution in [0.5, 0.6) is 0 Å². The molecule has 1 rings (SSSR count). The average Bonchev–Trinajstić information content (AvgIpc) is 2.27. The summed E-state index contributed by atoms with van der Waals surface area (Å²) in [5, 5.41) is 17.7. The van der Waals surface area contributed by atoms with Gasteiger partial charge in [0, 0.05) is 12.0 Å². The van der Waals surface area contributed by atoms with Crippen molar-refractivity contribution in [3.05, 3.63) is 23.0 Å². The Kier molecular flexibility index (Phi) is 5.07. The number of aromatic nitrogens is 2. The number of aliphatic hydroxyl groups excluding tert-OH is 1. The number of aryl methyl sites for hydroxylation is 2. The molecule has 0 aliphatic rings. The van der Waals surface area contributed by atoms with E-state index < -0.39 is 18.7 Å². The molecule has 1 heterocycles. The fourth-order valence-corrected chi connectivity index (χ4v) is 1.75. The largest absolute Gasteiger partial charge is 0.389 e. The summed E-state index contributed by atoms with van der Waals surface area (Å²) in [5.74, 6) is 0. The fraction of sp³-hybridized carbons (Fsp3) is 0.667. The van der Waals surface area contributed by atoms with Crippen molar-refractivity contribution in [3.8, 4) is 0 Å². The van der Waals surface area contributed by atoms with E-state index in [0.717, 1.165) is 0 Å². The summed E-state index contributed by atoms with van der Waals surface area (Å²) in [6.07, 6.45) is -5.36. The van der Waals surface area contributed by atoms with Crippen LogP contribution in [0.3, 0.4) is 0 Å². The molecule has 1 atom stereocenters. The number of rotatable bonds is 5. The monoisotopic (exact) mass is 262 g/mol. The van der Waals surface area contributed by atoms with Gasteiger partial charge in [0.25, 0.3) is 0 Å². The highest BCUT2D eigenvalue weighted by atomic mass is 19.4. The molecular weight excluding hydrogens is 245 g/mol. The van der Waals surface area contributed by atoms with Crippen LogP contribution in [0.4, 0.5) is 13.2 Å². The lowest BCUT2D eigenvalue weighted by molar-refractivity contribution is -0.136. The van der Waals surface area contributed by atoms with Crippen LogP contribution in [-0.2, 0) is 6.42 Å². The molecule has 18 heavy (non-hydrogen) atoms. The van der Waals surface area contributed by atoms with Gasteiger partial charge in [0.2, 0.25) is 0 Å². The first-order valence-electron chi connectivity index (χ1n) is 5.91. The lowest BCUT2D eigenvalue weighted by Crippen LogP contribution is -2.10. The van der Waals surface area contributed by atoms with Crippen molar-refractivity contribution < 1.29 is 18.3 Å². The molecule has 6 heteroatoms. The molecule has 1 aromatic heterocycles. The van der Waals surface area contributed by atoms with E-state index in [0.29, 0.717) is 23.4 Å². The molecule has 0 radical (unpaired) electrons.